The second-order valence-electron chi connectivity index (χ2n) is 12.4. The minimum absolute atomic E-state index is 0.811. The van der Waals surface area contributed by atoms with Gasteiger partial charge >= 0.3 is 0 Å². The van der Waals surface area contributed by atoms with Gasteiger partial charge in [-0.25, -0.2) is 9.97 Å². The molecule has 8 bridgehead atoms. The molecule has 6 nitrogen and oxygen atoms in total. The number of benzene rings is 2. The lowest BCUT2D eigenvalue weighted by Gasteiger charge is -2.07. The van der Waals surface area contributed by atoms with Gasteiger partial charge in [0, 0.05) is 80.2 Å². The van der Waals surface area contributed by atoms with Crippen molar-refractivity contribution in [2.45, 2.75) is 0 Å². The quantitative estimate of drug-likeness (QED) is 0.184. The van der Waals surface area contributed by atoms with E-state index < -0.39 is 0 Å². The van der Waals surface area contributed by atoms with E-state index in [0.717, 1.165) is 100 Å². The SMILES string of the molecule is C#Cc1ccc(-c2c3nc(c(-c4ccncc4)c4ccc([nH]4)c(-c4ccc(C#C)cc4)c4nc(c(-c5ccncc5)c5ccc2[nH]5)C=C4)C=C3)cc1. The number of H-pyrrole nitrogens is 2. The van der Waals surface area contributed by atoms with E-state index in [1.165, 1.54) is 0 Å². The van der Waals surface area contributed by atoms with Gasteiger partial charge in [-0.15, -0.1) is 12.8 Å². The van der Waals surface area contributed by atoms with Crippen LogP contribution in [0.5, 0.6) is 0 Å². The predicted octanol–water partition coefficient (Wildman–Crippen LogP) is 10.1. The van der Waals surface area contributed by atoms with E-state index in [-0.39, 0.29) is 0 Å². The number of rotatable bonds is 4. The van der Waals surface area contributed by atoms with Crippen LogP contribution < -0.4 is 0 Å². The van der Waals surface area contributed by atoms with Crippen molar-refractivity contribution in [3.63, 3.8) is 0 Å². The van der Waals surface area contributed by atoms with Crippen molar-refractivity contribution in [1.29, 1.82) is 0 Å². The van der Waals surface area contributed by atoms with Crippen LogP contribution in [-0.2, 0) is 0 Å². The maximum absolute atomic E-state index is 5.74. The lowest BCUT2D eigenvalue weighted by molar-refractivity contribution is 1.29. The normalized spacial score (nSPS) is 11.7. The molecule has 6 heteroatoms. The summed E-state index contributed by atoms with van der Waals surface area (Å²) in [7, 11) is 0. The Bertz CT molecular complexity index is 2630. The molecule has 0 saturated carbocycles. The molecule has 2 aliphatic heterocycles. The van der Waals surface area contributed by atoms with Gasteiger partial charge in [0.2, 0.25) is 0 Å². The standard InChI is InChI=1S/C46H28N6/c1-3-29-5-9-31(10-6-29)43-35-13-17-39(49-35)45(33-21-25-47-26-22-33)41-19-15-37(51-41)44(32-11-7-30(4-2)8-12-32)38-16-20-42(52-38)46(34-23-27-48-28-24-34)40-18-14-36(43)50-40/h1-2,5-28,49,52H. The average molecular weight is 665 g/mol. The molecule has 242 valence electrons. The van der Waals surface area contributed by atoms with Gasteiger partial charge in [-0.05, 0) is 119 Å². The summed E-state index contributed by atoms with van der Waals surface area (Å²) in [6.45, 7) is 0. The summed E-state index contributed by atoms with van der Waals surface area (Å²) >= 11 is 0. The van der Waals surface area contributed by atoms with E-state index in [0.29, 0.717) is 0 Å². The maximum atomic E-state index is 5.74. The Hall–Kier alpha value is -7.54. The molecule has 0 amide bonds. The largest absolute Gasteiger partial charge is 0.354 e. The Labute approximate surface area is 300 Å². The first kappa shape index (κ1) is 30.5. The van der Waals surface area contributed by atoms with Crippen molar-refractivity contribution < 1.29 is 0 Å². The number of hydrogen-bond acceptors (Lipinski definition) is 4. The lowest BCUT2D eigenvalue weighted by atomic mass is 10.0. The summed E-state index contributed by atoms with van der Waals surface area (Å²) in [5.41, 5.74) is 16.3. The fourth-order valence-corrected chi connectivity index (χ4v) is 6.92. The summed E-state index contributed by atoms with van der Waals surface area (Å²) in [5.74, 6) is 5.47. The van der Waals surface area contributed by atoms with Crippen molar-refractivity contribution >= 4 is 46.4 Å². The van der Waals surface area contributed by atoms with Crippen LogP contribution in [0.15, 0.2) is 122 Å². The van der Waals surface area contributed by atoms with Crippen molar-refractivity contribution in [1.82, 2.24) is 29.9 Å². The molecule has 0 radical (unpaired) electrons. The smallest absolute Gasteiger partial charge is 0.0737 e. The zero-order valence-electron chi connectivity index (χ0n) is 27.8. The summed E-state index contributed by atoms with van der Waals surface area (Å²) in [6, 6.07) is 32.5. The fraction of sp³-hybridized carbons (Fsp3) is 0. The first-order valence-corrected chi connectivity index (χ1v) is 16.8. The first-order valence-electron chi connectivity index (χ1n) is 16.8. The highest BCUT2D eigenvalue weighted by Crippen LogP contribution is 2.38. The van der Waals surface area contributed by atoms with Gasteiger partial charge in [-0.2, -0.15) is 0 Å². The molecule has 0 fully saturated rings. The summed E-state index contributed by atoms with van der Waals surface area (Å²) in [6.07, 6.45) is 27.0. The highest BCUT2D eigenvalue weighted by molar-refractivity contribution is 5.99. The molecule has 9 rings (SSSR count). The van der Waals surface area contributed by atoms with Gasteiger partial charge in [0.05, 0.1) is 22.8 Å². The molecule has 5 aromatic heterocycles. The van der Waals surface area contributed by atoms with Gasteiger partial charge in [-0.3, -0.25) is 9.97 Å². The Balaban J connectivity index is 1.46. The number of pyridine rings is 2. The van der Waals surface area contributed by atoms with E-state index in [9.17, 15) is 0 Å². The molecule has 0 saturated heterocycles. The van der Waals surface area contributed by atoms with Crippen LogP contribution in [0.3, 0.4) is 0 Å². The van der Waals surface area contributed by atoms with E-state index in [4.69, 9.17) is 22.8 Å². The summed E-state index contributed by atoms with van der Waals surface area (Å²) in [4.78, 5) is 26.8. The monoisotopic (exact) mass is 664 g/mol. The number of nitrogens with zero attached hydrogens (tertiary/aromatic N) is 4. The van der Waals surface area contributed by atoms with Crippen molar-refractivity contribution in [3.8, 4) is 69.2 Å². The van der Waals surface area contributed by atoms with Gasteiger partial charge in [0.1, 0.15) is 0 Å². The molecular formula is C46H28N6. The summed E-state index contributed by atoms with van der Waals surface area (Å²) in [5, 5.41) is 0. The van der Waals surface area contributed by atoms with Crippen molar-refractivity contribution in [2.24, 2.45) is 0 Å². The van der Waals surface area contributed by atoms with Gasteiger partial charge in [0.15, 0.2) is 0 Å². The average Bonchev–Trinajstić information content (AvgIpc) is 4.04. The third-order valence-corrected chi connectivity index (χ3v) is 9.37. The second kappa shape index (κ2) is 12.7. The predicted molar refractivity (Wildman–Crippen MR) is 212 cm³/mol. The molecule has 52 heavy (non-hydrogen) atoms. The second-order valence-corrected chi connectivity index (χ2v) is 12.4. The number of aromatic nitrogens is 6. The molecule has 2 aromatic carbocycles. The number of aromatic amines is 2. The zero-order chi connectivity index (χ0) is 35.0. The molecule has 0 unspecified atom stereocenters. The molecule has 7 heterocycles. The number of nitrogens with one attached hydrogen (secondary N) is 2. The van der Waals surface area contributed by atoms with Crippen LogP contribution in [0, 0.1) is 24.7 Å². The number of terminal acetylenes is 2. The molecule has 0 spiro atoms. The lowest BCUT2D eigenvalue weighted by Crippen LogP contribution is -1.90. The van der Waals surface area contributed by atoms with E-state index in [2.05, 4.69) is 105 Å². The molecular weight excluding hydrogens is 637 g/mol. The molecule has 2 N–H and O–H groups in total. The Morgan fingerprint density at radius 1 is 0.365 bits per heavy atom. The van der Waals surface area contributed by atoms with Gasteiger partial charge in [-0.1, -0.05) is 36.1 Å². The Kier molecular flexibility index (Phi) is 7.47. The Morgan fingerprint density at radius 3 is 0.942 bits per heavy atom. The summed E-state index contributed by atoms with van der Waals surface area (Å²) < 4.78 is 0. The third kappa shape index (κ3) is 5.38. The minimum Gasteiger partial charge on any atom is -0.354 e. The van der Waals surface area contributed by atoms with Crippen LogP contribution in [0.4, 0.5) is 0 Å². The van der Waals surface area contributed by atoms with Crippen LogP contribution in [0.1, 0.15) is 33.9 Å². The van der Waals surface area contributed by atoms with E-state index in [1.54, 1.807) is 24.8 Å². The zero-order valence-corrected chi connectivity index (χ0v) is 27.8. The number of fused-ring (bicyclic) bond motifs is 8. The van der Waals surface area contributed by atoms with Gasteiger partial charge in [0.25, 0.3) is 0 Å². The molecule has 7 aromatic rings. The first-order chi connectivity index (χ1) is 25.7. The molecule has 0 aliphatic carbocycles. The van der Waals surface area contributed by atoms with E-state index >= 15 is 0 Å². The van der Waals surface area contributed by atoms with Crippen molar-refractivity contribution in [3.05, 3.63) is 156 Å². The Morgan fingerprint density at radius 2 is 0.654 bits per heavy atom. The van der Waals surface area contributed by atoms with Gasteiger partial charge < -0.3 is 9.97 Å². The van der Waals surface area contributed by atoms with Crippen LogP contribution in [-0.4, -0.2) is 29.9 Å². The van der Waals surface area contributed by atoms with Crippen molar-refractivity contribution in [2.75, 3.05) is 0 Å². The molecule has 0 atom stereocenters. The van der Waals surface area contributed by atoms with E-state index in [1.807, 2.05) is 48.5 Å². The van der Waals surface area contributed by atoms with Crippen LogP contribution >= 0.6 is 0 Å². The molecule has 2 aliphatic rings. The third-order valence-electron chi connectivity index (χ3n) is 9.37. The maximum Gasteiger partial charge on any atom is 0.0737 e. The minimum atomic E-state index is 0.811. The topological polar surface area (TPSA) is 83.1 Å². The van der Waals surface area contributed by atoms with Crippen LogP contribution in [0.2, 0.25) is 0 Å². The van der Waals surface area contributed by atoms with Crippen LogP contribution in [0.25, 0.3) is 90.9 Å². The number of hydrogen-bond donors (Lipinski definition) is 2. The highest BCUT2D eigenvalue weighted by Gasteiger charge is 2.19. The fourth-order valence-electron chi connectivity index (χ4n) is 6.92. The highest BCUT2D eigenvalue weighted by atomic mass is 14.8.